The number of hydrogen-bond donors (Lipinski definition) is 3. The third-order valence-electron chi connectivity index (χ3n) is 5.69. The molecular formula is C24H32N6O3S. The molecule has 2 aromatic heterocycles. The number of imidazole rings is 1. The molecule has 0 bridgehead atoms. The van der Waals surface area contributed by atoms with E-state index in [2.05, 4.69) is 24.6 Å². The van der Waals surface area contributed by atoms with Gasteiger partial charge < -0.3 is 14.6 Å². The molecule has 4 rings (SSSR count). The van der Waals surface area contributed by atoms with Gasteiger partial charge in [0.15, 0.2) is 0 Å². The normalized spacial score (nSPS) is 14.7. The van der Waals surface area contributed by atoms with Crippen LogP contribution in [-0.4, -0.2) is 60.8 Å². The van der Waals surface area contributed by atoms with E-state index < -0.39 is 10.2 Å². The summed E-state index contributed by atoms with van der Waals surface area (Å²) >= 11 is 0. The Balaban J connectivity index is 1.41. The SMILES string of the molecule is CC(C)NC(=O)c1ccc2nc(-c3cccc(NS(=O)(=O)NCCCN4CCCC4)c3)cn2c1. The van der Waals surface area contributed by atoms with Gasteiger partial charge in [0.25, 0.3) is 16.1 Å². The summed E-state index contributed by atoms with van der Waals surface area (Å²) in [6, 6.07) is 10.7. The number of benzene rings is 1. The van der Waals surface area contributed by atoms with Crippen molar-refractivity contribution in [2.45, 2.75) is 39.2 Å². The number of rotatable bonds is 10. The quantitative estimate of drug-likeness (QED) is 0.384. The van der Waals surface area contributed by atoms with Gasteiger partial charge in [0, 0.05) is 30.5 Å². The molecule has 10 heteroatoms. The van der Waals surface area contributed by atoms with Gasteiger partial charge in [-0.2, -0.15) is 13.1 Å². The third kappa shape index (κ3) is 6.34. The molecule has 1 aromatic carbocycles. The number of likely N-dealkylation sites (tertiary alicyclic amines) is 1. The van der Waals surface area contributed by atoms with Gasteiger partial charge >= 0.3 is 0 Å². The molecule has 34 heavy (non-hydrogen) atoms. The maximum atomic E-state index is 12.5. The summed E-state index contributed by atoms with van der Waals surface area (Å²) in [7, 11) is -3.67. The molecule has 9 nitrogen and oxygen atoms in total. The van der Waals surface area contributed by atoms with Crippen molar-refractivity contribution >= 4 is 27.5 Å². The van der Waals surface area contributed by atoms with E-state index >= 15 is 0 Å². The predicted molar refractivity (Wildman–Crippen MR) is 134 cm³/mol. The highest BCUT2D eigenvalue weighted by Gasteiger charge is 2.14. The molecule has 0 spiro atoms. The van der Waals surface area contributed by atoms with Crippen molar-refractivity contribution in [3.63, 3.8) is 0 Å². The van der Waals surface area contributed by atoms with Crippen LogP contribution in [0.1, 0.15) is 43.5 Å². The maximum absolute atomic E-state index is 12.5. The summed E-state index contributed by atoms with van der Waals surface area (Å²) in [5.41, 5.74) is 3.15. The molecule has 3 N–H and O–H groups in total. The number of fused-ring (bicyclic) bond motifs is 1. The van der Waals surface area contributed by atoms with Gasteiger partial charge in [-0.3, -0.25) is 9.52 Å². The highest BCUT2D eigenvalue weighted by molar-refractivity contribution is 7.90. The standard InChI is InChI=1S/C24H32N6O3S/c1-18(2)26-24(31)20-9-10-23-27-22(17-30(23)16-20)19-7-5-8-21(15-19)28-34(32,33)25-11-6-14-29-12-3-4-13-29/h5,7-10,15-18,25,28H,3-4,6,11-14H2,1-2H3,(H,26,31). The molecule has 1 aliphatic rings. The number of nitrogens with zero attached hydrogens (tertiary/aromatic N) is 3. The largest absolute Gasteiger partial charge is 0.350 e. The van der Waals surface area contributed by atoms with Crippen LogP contribution in [0.2, 0.25) is 0 Å². The van der Waals surface area contributed by atoms with Gasteiger partial charge in [-0.1, -0.05) is 12.1 Å². The van der Waals surface area contributed by atoms with Crippen molar-refractivity contribution in [3.05, 3.63) is 54.4 Å². The van der Waals surface area contributed by atoms with E-state index in [-0.39, 0.29) is 11.9 Å². The third-order valence-corrected chi connectivity index (χ3v) is 6.77. The van der Waals surface area contributed by atoms with Gasteiger partial charge in [0.1, 0.15) is 5.65 Å². The average molecular weight is 485 g/mol. The minimum Gasteiger partial charge on any atom is -0.350 e. The van der Waals surface area contributed by atoms with E-state index in [0.717, 1.165) is 31.6 Å². The van der Waals surface area contributed by atoms with Crippen LogP contribution in [0.4, 0.5) is 5.69 Å². The monoisotopic (exact) mass is 484 g/mol. The van der Waals surface area contributed by atoms with E-state index in [1.165, 1.54) is 12.8 Å². The number of pyridine rings is 1. The second-order valence-corrected chi connectivity index (χ2v) is 10.4. The molecule has 1 aliphatic heterocycles. The Morgan fingerprint density at radius 3 is 2.68 bits per heavy atom. The molecule has 0 aliphatic carbocycles. The van der Waals surface area contributed by atoms with Crippen molar-refractivity contribution in [1.82, 2.24) is 24.3 Å². The highest BCUT2D eigenvalue weighted by atomic mass is 32.2. The molecule has 1 amide bonds. The number of carbonyl (C=O) groups is 1. The summed E-state index contributed by atoms with van der Waals surface area (Å²) in [4.78, 5) is 19.3. The minimum atomic E-state index is -3.67. The number of hydrogen-bond acceptors (Lipinski definition) is 5. The summed E-state index contributed by atoms with van der Waals surface area (Å²) in [6.07, 6.45) is 6.79. The van der Waals surface area contributed by atoms with Crippen LogP contribution in [0.15, 0.2) is 48.8 Å². The van der Waals surface area contributed by atoms with Crippen LogP contribution in [0.3, 0.4) is 0 Å². The molecule has 0 saturated carbocycles. The second-order valence-electron chi connectivity index (χ2n) is 8.92. The molecule has 0 atom stereocenters. The Hall–Kier alpha value is -2.95. The first-order valence-corrected chi connectivity index (χ1v) is 13.2. The lowest BCUT2D eigenvalue weighted by molar-refractivity contribution is 0.0942. The summed E-state index contributed by atoms with van der Waals surface area (Å²) in [5.74, 6) is -0.142. The molecular weight excluding hydrogens is 452 g/mol. The van der Waals surface area contributed by atoms with Crippen LogP contribution < -0.4 is 14.8 Å². The van der Waals surface area contributed by atoms with Crippen LogP contribution >= 0.6 is 0 Å². The molecule has 3 aromatic rings. The minimum absolute atomic E-state index is 0.0487. The van der Waals surface area contributed by atoms with Gasteiger partial charge in [0.05, 0.1) is 16.9 Å². The first kappa shape index (κ1) is 24.2. The Kier molecular flexibility index (Phi) is 7.50. The van der Waals surface area contributed by atoms with Crippen LogP contribution in [0.25, 0.3) is 16.9 Å². The molecule has 0 unspecified atom stereocenters. The van der Waals surface area contributed by atoms with E-state index in [1.54, 1.807) is 40.9 Å². The smallest absolute Gasteiger partial charge is 0.299 e. The van der Waals surface area contributed by atoms with E-state index in [1.807, 2.05) is 26.1 Å². The van der Waals surface area contributed by atoms with Crippen LogP contribution in [0.5, 0.6) is 0 Å². The van der Waals surface area contributed by atoms with E-state index in [9.17, 15) is 13.2 Å². The molecule has 1 saturated heterocycles. The first-order valence-electron chi connectivity index (χ1n) is 11.7. The van der Waals surface area contributed by atoms with Crippen molar-refractivity contribution < 1.29 is 13.2 Å². The Labute approximate surface area is 200 Å². The zero-order valence-electron chi connectivity index (χ0n) is 19.6. The van der Waals surface area contributed by atoms with Crippen LogP contribution in [-0.2, 0) is 10.2 Å². The van der Waals surface area contributed by atoms with Crippen molar-refractivity contribution in [2.24, 2.45) is 0 Å². The number of aromatic nitrogens is 2. The highest BCUT2D eigenvalue weighted by Crippen LogP contribution is 2.23. The van der Waals surface area contributed by atoms with Crippen LogP contribution in [0, 0.1) is 0 Å². The van der Waals surface area contributed by atoms with Gasteiger partial charge in [-0.25, -0.2) is 4.98 Å². The lowest BCUT2D eigenvalue weighted by Crippen LogP contribution is -2.32. The summed E-state index contributed by atoms with van der Waals surface area (Å²) in [6.45, 7) is 7.34. The maximum Gasteiger partial charge on any atom is 0.299 e. The topological polar surface area (TPSA) is 108 Å². The van der Waals surface area contributed by atoms with Crippen molar-refractivity contribution in [2.75, 3.05) is 30.9 Å². The fraction of sp³-hybridized carbons (Fsp3) is 0.417. The van der Waals surface area contributed by atoms with Gasteiger partial charge in [0.2, 0.25) is 0 Å². The van der Waals surface area contributed by atoms with E-state index in [0.29, 0.717) is 29.1 Å². The fourth-order valence-corrected chi connectivity index (χ4v) is 4.98. The Morgan fingerprint density at radius 1 is 1.12 bits per heavy atom. The molecule has 182 valence electrons. The van der Waals surface area contributed by atoms with E-state index in [4.69, 9.17) is 0 Å². The number of amides is 1. The Bertz CT molecular complexity index is 1250. The summed E-state index contributed by atoms with van der Waals surface area (Å²) in [5, 5.41) is 2.88. The molecule has 1 fully saturated rings. The predicted octanol–water partition coefficient (Wildman–Crippen LogP) is 2.87. The Morgan fingerprint density at radius 2 is 1.91 bits per heavy atom. The number of nitrogens with one attached hydrogen (secondary N) is 3. The number of anilines is 1. The van der Waals surface area contributed by atoms with Gasteiger partial charge in [-0.05, 0) is 77.0 Å². The first-order chi connectivity index (χ1) is 16.3. The average Bonchev–Trinajstić information content (AvgIpc) is 3.45. The number of carbonyl (C=O) groups excluding carboxylic acids is 1. The molecule has 0 radical (unpaired) electrons. The van der Waals surface area contributed by atoms with Crippen molar-refractivity contribution in [1.29, 1.82) is 0 Å². The fourth-order valence-electron chi connectivity index (χ4n) is 4.06. The van der Waals surface area contributed by atoms with Crippen molar-refractivity contribution in [3.8, 4) is 11.3 Å². The second kappa shape index (κ2) is 10.5. The molecule has 3 heterocycles. The zero-order valence-corrected chi connectivity index (χ0v) is 20.4. The lowest BCUT2D eigenvalue weighted by atomic mass is 10.1. The van der Waals surface area contributed by atoms with Gasteiger partial charge in [-0.15, -0.1) is 0 Å². The summed E-state index contributed by atoms with van der Waals surface area (Å²) < 4.78 is 31.9. The zero-order chi connectivity index (χ0) is 24.1. The lowest BCUT2D eigenvalue weighted by Gasteiger charge is -2.15.